The molecule has 170 valence electrons. The van der Waals surface area contributed by atoms with E-state index in [4.69, 9.17) is 0 Å². The van der Waals surface area contributed by atoms with E-state index in [1.54, 1.807) is 0 Å². The van der Waals surface area contributed by atoms with Crippen LogP contribution < -0.4 is 15.5 Å². The molecular weight excluding hydrogens is 497 g/mol. The molecule has 0 bridgehead atoms. The predicted octanol–water partition coefficient (Wildman–Crippen LogP) is 4.21. The van der Waals surface area contributed by atoms with Crippen molar-refractivity contribution in [3.05, 3.63) is 66.2 Å². The van der Waals surface area contributed by atoms with Gasteiger partial charge in [-0.3, -0.25) is 9.89 Å². The van der Waals surface area contributed by atoms with Gasteiger partial charge in [0.1, 0.15) is 0 Å². The fourth-order valence-electron chi connectivity index (χ4n) is 3.98. The number of nitrogens with one attached hydrogen (secondary N) is 2. The van der Waals surface area contributed by atoms with Gasteiger partial charge in [-0.1, -0.05) is 48.5 Å². The Hall–Kier alpha value is -1.80. The summed E-state index contributed by atoms with van der Waals surface area (Å²) in [6.45, 7) is 7.39. The molecule has 6 heteroatoms. The molecule has 1 saturated heterocycles. The minimum absolute atomic E-state index is 0. The molecule has 0 aliphatic carbocycles. The molecule has 0 aromatic heterocycles. The zero-order valence-electron chi connectivity index (χ0n) is 19.1. The first-order chi connectivity index (χ1) is 14.7. The van der Waals surface area contributed by atoms with Gasteiger partial charge in [-0.25, -0.2) is 0 Å². The lowest BCUT2D eigenvalue weighted by atomic mass is 10.1. The van der Waals surface area contributed by atoms with Crippen molar-refractivity contribution in [2.75, 3.05) is 45.2 Å². The Labute approximate surface area is 205 Å². The molecule has 0 saturated carbocycles. The number of halogens is 1. The molecule has 0 spiro atoms. The fraction of sp³-hybridized carbons (Fsp3) is 0.480. The first-order valence-corrected chi connectivity index (χ1v) is 11.1. The van der Waals surface area contributed by atoms with E-state index in [1.165, 1.54) is 17.7 Å². The summed E-state index contributed by atoms with van der Waals surface area (Å²) in [6.07, 6.45) is 2.30. The van der Waals surface area contributed by atoms with E-state index < -0.39 is 0 Å². The van der Waals surface area contributed by atoms with Crippen molar-refractivity contribution in [1.82, 2.24) is 15.5 Å². The van der Waals surface area contributed by atoms with Gasteiger partial charge in [0, 0.05) is 51.5 Å². The summed E-state index contributed by atoms with van der Waals surface area (Å²) in [5.41, 5.74) is 2.69. The highest BCUT2D eigenvalue weighted by Crippen LogP contribution is 2.22. The highest BCUT2D eigenvalue weighted by atomic mass is 127. The van der Waals surface area contributed by atoms with Crippen LogP contribution in [0.4, 0.5) is 5.69 Å². The summed E-state index contributed by atoms with van der Waals surface area (Å²) in [5.74, 6) is 1.56. The second-order valence-electron chi connectivity index (χ2n) is 8.35. The summed E-state index contributed by atoms with van der Waals surface area (Å²) >= 11 is 0. The third-order valence-electron chi connectivity index (χ3n) is 6.07. The smallest absolute Gasteiger partial charge is 0.190 e. The number of nitrogens with zero attached hydrogens (tertiary/aromatic N) is 3. The van der Waals surface area contributed by atoms with Gasteiger partial charge in [0.15, 0.2) is 5.96 Å². The van der Waals surface area contributed by atoms with Crippen molar-refractivity contribution in [2.45, 2.75) is 32.4 Å². The van der Waals surface area contributed by atoms with E-state index in [0.717, 1.165) is 45.1 Å². The molecule has 1 heterocycles. The second-order valence-corrected chi connectivity index (χ2v) is 8.35. The van der Waals surface area contributed by atoms with E-state index in [-0.39, 0.29) is 24.0 Å². The molecule has 1 aliphatic rings. The molecule has 0 radical (unpaired) electrons. The summed E-state index contributed by atoms with van der Waals surface area (Å²) in [4.78, 5) is 9.29. The molecule has 3 rings (SSSR count). The molecule has 2 unspecified atom stereocenters. The van der Waals surface area contributed by atoms with Crippen molar-refractivity contribution in [2.24, 2.45) is 10.9 Å². The summed E-state index contributed by atoms with van der Waals surface area (Å²) in [5, 5.41) is 7.01. The van der Waals surface area contributed by atoms with Gasteiger partial charge >= 0.3 is 0 Å². The van der Waals surface area contributed by atoms with Gasteiger partial charge < -0.3 is 15.5 Å². The number of hydrogen-bond acceptors (Lipinski definition) is 3. The van der Waals surface area contributed by atoms with Crippen LogP contribution in [0.2, 0.25) is 0 Å². The summed E-state index contributed by atoms with van der Waals surface area (Å²) in [7, 11) is 4.05. The maximum absolute atomic E-state index is 4.40. The zero-order chi connectivity index (χ0) is 21.2. The van der Waals surface area contributed by atoms with Gasteiger partial charge in [0.05, 0.1) is 0 Å². The van der Waals surface area contributed by atoms with Crippen LogP contribution in [-0.4, -0.2) is 57.2 Å². The average Bonchev–Trinajstić information content (AvgIpc) is 3.26. The number of rotatable bonds is 9. The number of aliphatic imine (C=N–C) groups is 1. The van der Waals surface area contributed by atoms with Crippen LogP contribution in [0.5, 0.6) is 0 Å². The Morgan fingerprint density at radius 3 is 2.45 bits per heavy atom. The van der Waals surface area contributed by atoms with Gasteiger partial charge in [-0.05, 0) is 50.4 Å². The van der Waals surface area contributed by atoms with Gasteiger partial charge in [0.2, 0.25) is 0 Å². The lowest BCUT2D eigenvalue weighted by Gasteiger charge is -2.25. The number of para-hydroxylation sites is 1. The molecule has 0 amide bonds. The van der Waals surface area contributed by atoms with Gasteiger partial charge in [-0.2, -0.15) is 0 Å². The standard InChI is InChI=1S/C25H37N5.HI/c1-21(29(3)19-22-10-6-4-7-11-22)14-16-27-25(26-2)28-18-23-15-17-30(20-23)24-12-8-5-9-13-24;/h4-13,21,23H,14-20H2,1-3H3,(H2,26,27,28);1H. The lowest BCUT2D eigenvalue weighted by Crippen LogP contribution is -2.42. The third-order valence-corrected chi connectivity index (χ3v) is 6.07. The van der Waals surface area contributed by atoms with Crippen LogP contribution in [0.15, 0.2) is 65.7 Å². The van der Waals surface area contributed by atoms with E-state index in [0.29, 0.717) is 12.0 Å². The van der Waals surface area contributed by atoms with Crippen LogP contribution in [0.3, 0.4) is 0 Å². The monoisotopic (exact) mass is 535 g/mol. The Bertz CT molecular complexity index is 768. The third kappa shape index (κ3) is 8.33. The van der Waals surface area contributed by atoms with Crippen LogP contribution in [0.25, 0.3) is 0 Å². The molecule has 2 aromatic carbocycles. The van der Waals surface area contributed by atoms with Crippen molar-refractivity contribution in [1.29, 1.82) is 0 Å². The zero-order valence-corrected chi connectivity index (χ0v) is 21.5. The van der Waals surface area contributed by atoms with E-state index in [2.05, 4.69) is 100 Å². The van der Waals surface area contributed by atoms with Crippen molar-refractivity contribution < 1.29 is 0 Å². The maximum Gasteiger partial charge on any atom is 0.190 e. The second kappa shape index (κ2) is 13.6. The van der Waals surface area contributed by atoms with Crippen molar-refractivity contribution in [3.63, 3.8) is 0 Å². The van der Waals surface area contributed by atoms with Gasteiger partial charge in [-0.15, -0.1) is 24.0 Å². The Balaban J connectivity index is 0.00000341. The highest BCUT2D eigenvalue weighted by Gasteiger charge is 2.22. The average molecular weight is 536 g/mol. The molecular formula is C25H38IN5. The van der Waals surface area contributed by atoms with E-state index >= 15 is 0 Å². The van der Waals surface area contributed by atoms with Gasteiger partial charge in [0.25, 0.3) is 0 Å². The minimum atomic E-state index is 0. The van der Waals surface area contributed by atoms with Crippen LogP contribution in [-0.2, 0) is 6.54 Å². The fourth-order valence-corrected chi connectivity index (χ4v) is 3.98. The Morgan fingerprint density at radius 2 is 1.77 bits per heavy atom. The lowest BCUT2D eigenvalue weighted by molar-refractivity contribution is 0.238. The van der Waals surface area contributed by atoms with Crippen molar-refractivity contribution in [3.8, 4) is 0 Å². The minimum Gasteiger partial charge on any atom is -0.371 e. The van der Waals surface area contributed by atoms with E-state index in [1.807, 2.05) is 7.05 Å². The summed E-state index contributed by atoms with van der Waals surface area (Å²) < 4.78 is 0. The quantitative estimate of drug-likeness (QED) is 0.287. The Morgan fingerprint density at radius 1 is 1.10 bits per heavy atom. The molecule has 2 N–H and O–H groups in total. The maximum atomic E-state index is 4.40. The van der Waals surface area contributed by atoms with Crippen LogP contribution >= 0.6 is 24.0 Å². The number of hydrogen-bond donors (Lipinski definition) is 2. The first-order valence-electron chi connectivity index (χ1n) is 11.1. The predicted molar refractivity (Wildman–Crippen MR) is 144 cm³/mol. The molecule has 1 fully saturated rings. The van der Waals surface area contributed by atoms with Crippen LogP contribution in [0.1, 0.15) is 25.3 Å². The largest absolute Gasteiger partial charge is 0.371 e. The molecule has 2 atom stereocenters. The Kier molecular flexibility index (Phi) is 11.2. The normalized spacial score (nSPS) is 17.4. The number of anilines is 1. The van der Waals surface area contributed by atoms with E-state index in [9.17, 15) is 0 Å². The molecule has 5 nitrogen and oxygen atoms in total. The van der Waals surface area contributed by atoms with Crippen molar-refractivity contribution >= 4 is 35.6 Å². The molecule has 1 aliphatic heterocycles. The molecule has 2 aromatic rings. The highest BCUT2D eigenvalue weighted by molar-refractivity contribution is 14.0. The molecule has 31 heavy (non-hydrogen) atoms. The van der Waals surface area contributed by atoms with Crippen LogP contribution in [0, 0.1) is 5.92 Å². The SMILES string of the molecule is CN=C(NCCC(C)N(C)Cc1ccccc1)NCC1CCN(c2ccccc2)C1.I. The number of benzene rings is 2. The summed E-state index contributed by atoms with van der Waals surface area (Å²) in [6, 6.07) is 21.9. The first kappa shape index (κ1) is 25.5. The topological polar surface area (TPSA) is 42.9 Å². The number of guanidine groups is 1.